The van der Waals surface area contributed by atoms with E-state index in [9.17, 15) is 0 Å². The fourth-order valence-electron chi connectivity index (χ4n) is 3.00. The molecule has 3 heterocycles. The Bertz CT molecular complexity index is 418. The normalized spacial score (nSPS) is 24.9. The Kier molecular flexibility index (Phi) is 3.26. The van der Waals surface area contributed by atoms with Crippen molar-refractivity contribution in [2.45, 2.75) is 25.3 Å². The molecule has 3 rings (SSSR count). The van der Waals surface area contributed by atoms with Crippen LogP contribution in [-0.2, 0) is 0 Å². The van der Waals surface area contributed by atoms with Crippen LogP contribution in [0.15, 0.2) is 6.07 Å². The van der Waals surface area contributed by atoms with Crippen molar-refractivity contribution in [1.29, 1.82) is 0 Å². The van der Waals surface area contributed by atoms with E-state index in [-0.39, 0.29) is 5.95 Å². The summed E-state index contributed by atoms with van der Waals surface area (Å²) in [6.45, 7) is 4.47. The lowest BCUT2D eigenvalue weighted by molar-refractivity contribution is 0.273. The van der Waals surface area contributed by atoms with Gasteiger partial charge in [-0.1, -0.05) is 11.6 Å². The number of anilines is 2. The molecule has 2 N–H and O–H groups in total. The Balaban J connectivity index is 1.82. The number of nitrogens with zero attached hydrogens (tertiary/aromatic N) is 4. The lowest BCUT2D eigenvalue weighted by Gasteiger charge is -2.26. The van der Waals surface area contributed by atoms with Gasteiger partial charge in [0.05, 0.1) is 0 Å². The highest BCUT2D eigenvalue weighted by Gasteiger charge is 2.29. The van der Waals surface area contributed by atoms with Crippen LogP contribution >= 0.6 is 11.6 Å². The van der Waals surface area contributed by atoms with Gasteiger partial charge >= 0.3 is 0 Å². The maximum atomic E-state index is 5.95. The Morgan fingerprint density at radius 2 is 2.06 bits per heavy atom. The van der Waals surface area contributed by atoms with E-state index in [1.54, 1.807) is 0 Å². The minimum absolute atomic E-state index is 0.255. The first kappa shape index (κ1) is 12.0. The summed E-state index contributed by atoms with van der Waals surface area (Å²) in [4.78, 5) is 13.1. The van der Waals surface area contributed by atoms with E-state index in [2.05, 4.69) is 19.8 Å². The molecule has 0 spiro atoms. The van der Waals surface area contributed by atoms with Crippen LogP contribution in [-0.4, -0.2) is 47.1 Å². The molecule has 0 aromatic carbocycles. The molecule has 98 valence electrons. The van der Waals surface area contributed by atoms with Crippen LogP contribution in [0.2, 0.25) is 5.15 Å². The van der Waals surface area contributed by atoms with Crippen molar-refractivity contribution in [3.8, 4) is 0 Å². The van der Waals surface area contributed by atoms with E-state index < -0.39 is 0 Å². The summed E-state index contributed by atoms with van der Waals surface area (Å²) < 4.78 is 0. The predicted molar refractivity (Wildman–Crippen MR) is 72.9 cm³/mol. The second-order valence-corrected chi connectivity index (χ2v) is 5.43. The molecular formula is C12H18ClN5. The van der Waals surface area contributed by atoms with Gasteiger partial charge in [-0.3, -0.25) is 4.90 Å². The highest BCUT2D eigenvalue weighted by atomic mass is 35.5. The maximum absolute atomic E-state index is 5.95. The number of halogens is 1. The molecule has 1 aromatic rings. The molecule has 0 aliphatic carbocycles. The molecule has 0 bridgehead atoms. The van der Waals surface area contributed by atoms with E-state index in [4.69, 9.17) is 17.3 Å². The van der Waals surface area contributed by atoms with E-state index in [1.807, 2.05) is 6.07 Å². The van der Waals surface area contributed by atoms with Gasteiger partial charge in [0.1, 0.15) is 11.0 Å². The SMILES string of the molecule is Nc1nc(Cl)cc(N2CCCN3CCC[C@@H]3C2)n1. The lowest BCUT2D eigenvalue weighted by Crippen LogP contribution is -2.37. The summed E-state index contributed by atoms with van der Waals surface area (Å²) in [7, 11) is 0. The Hall–Kier alpha value is -1.07. The average molecular weight is 268 g/mol. The fraction of sp³-hybridized carbons (Fsp3) is 0.667. The molecule has 18 heavy (non-hydrogen) atoms. The third kappa shape index (κ3) is 2.37. The zero-order chi connectivity index (χ0) is 12.5. The highest BCUT2D eigenvalue weighted by molar-refractivity contribution is 6.29. The summed E-state index contributed by atoms with van der Waals surface area (Å²) in [6, 6.07) is 2.46. The number of hydrogen-bond donors (Lipinski definition) is 1. The van der Waals surface area contributed by atoms with Gasteiger partial charge in [0.2, 0.25) is 5.95 Å². The van der Waals surface area contributed by atoms with E-state index in [0.717, 1.165) is 25.3 Å². The second-order valence-electron chi connectivity index (χ2n) is 5.04. The molecule has 2 aliphatic heterocycles. The smallest absolute Gasteiger partial charge is 0.223 e. The molecule has 2 aliphatic rings. The zero-order valence-corrected chi connectivity index (χ0v) is 11.1. The van der Waals surface area contributed by atoms with E-state index in [1.165, 1.54) is 25.9 Å². The largest absolute Gasteiger partial charge is 0.368 e. The Morgan fingerprint density at radius 1 is 1.22 bits per heavy atom. The van der Waals surface area contributed by atoms with Crippen LogP contribution in [0, 0.1) is 0 Å². The van der Waals surface area contributed by atoms with Crippen molar-refractivity contribution in [3.63, 3.8) is 0 Å². The second kappa shape index (κ2) is 4.90. The topological polar surface area (TPSA) is 58.3 Å². The number of hydrogen-bond acceptors (Lipinski definition) is 5. The molecule has 0 saturated carbocycles. The van der Waals surface area contributed by atoms with Crippen LogP contribution in [0.3, 0.4) is 0 Å². The van der Waals surface area contributed by atoms with Gasteiger partial charge in [0, 0.05) is 31.7 Å². The van der Waals surface area contributed by atoms with E-state index in [0.29, 0.717) is 11.2 Å². The molecule has 1 atom stereocenters. The van der Waals surface area contributed by atoms with Crippen molar-refractivity contribution in [2.75, 3.05) is 36.8 Å². The first-order valence-corrected chi connectivity index (χ1v) is 6.89. The molecule has 6 heteroatoms. The van der Waals surface area contributed by atoms with E-state index >= 15 is 0 Å². The van der Waals surface area contributed by atoms with Crippen LogP contribution in [0.25, 0.3) is 0 Å². The molecule has 1 aromatic heterocycles. The highest BCUT2D eigenvalue weighted by Crippen LogP contribution is 2.25. The molecule has 0 radical (unpaired) electrons. The number of rotatable bonds is 1. The van der Waals surface area contributed by atoms with Crippen molar-refractivity contribution < 1.29 is 0 Å². The first-order chi connectivity index (χ1) is 8.72. The molecule has 5 nitrogen and oxygen atoms in total. The van der Waals surface area contributed by atoms with Gasteiger partial charge in [-0.05, 0) is 25.8 Å². The average Bonchev–Trinajstić information content (AvgIpc) is 2.65. The summed E-state index contributed by atoms with van der Waals surface area (Å²) in [5.41, 5.74) is 5.67. The molecular weight excluding hydrogens is 250 g/mol. The van der Waals surface area contributed by atoms with Crippen molar-refractivity contribution in [3.05, 3.63) is 11.2 Å². The van der Waals surface area contributed by atoms with Gasteiger partial charge in [-0.2, -0.15) is 4.98 Å². The van der Waals surface area contributed by atoms with Crippen LogP contribution in [0.1, 0.15) is 19.3 Å². The zero-order valence-electron chi connectivity index (χ0n) is 10.3. The first-order valence-electron chi connectivity index (χ1n) is 6.51. The van der Waals surface area contributed by atoms with Crippen LogP contribution < -0.4 is 10.6 Å². The van der Waals surface area contributed by atoms with Gasteiger partial charge in [-0.15, -0.1) is 0 Å². The third-order valence-electron chi connectivity index (χ3n) is 3.83. The van der Waals surface area contributed by atoms with Crippen molar-refractivity contribution in [2.24, 2.45) is 0 Å². The summed E-state index contributed by atoms with van der Waals surface area (Å²) in [6.07, 6.45) is 3.76. The molecule has 0 unspecified atom stereocenters. The minimum atomic E-state index is 0.255. The van der Waals surface area contributed by atoms with Gasteiger partial charge < -0.3 is 10.6 Å². The minimum Gasteiger partial charge on any atom is -0.368 e. The van der Waals surface area contributed by atoms with Crippen molar-refractivity contribution in [1.82, 2.24) is 14.9 Å². The number of fused-ring (bicyclic) bond motifs is 1. The predicted octanol–water partition coefficient (Wildman–Crippen LogP) is 1.39. The molecule has 2 saturated heterocycles. The van der Waals surface area contributed by atoms with Crippen LogP contribution in [0.5, 0.6) is 0 Å². The fourth-order valence-corrected chi connectivity index (χ4v) is 3.18. The maximum Gasteiger partial charge on any atom is 0.223 e. The summed E-state index contributed by atoms with van der Waals surface area (Å²) >= 11 is 5.95. The lowest BCUT2D eigenvalue weighted by atomic mass is 10.2. The van der Waals surface area contributed by atoms with Gasteiger partial charge in [0.15, 0.2) is 0 Å². The Morgan fingerprint density at radius 3 is 2.89 bits per heavy atom. The summed E-state index contributed by atoms with van der Waals surface area (Å²) in [5.74, 6) is 1.12. The van der Waals surface area contributed by atoms with Crippen molar-refractivity contribution >= 4 is 23.4 Å². The Labute approximate surface area is 112 Å². The monoisotopic (exact) mass is 267 g/mol. The quantitative estimate of drug-likeness (QED) is 0.779. The van der Waals surface area contributed by atoms with Gasteiger partial charge in [-0.25, -0.2) is 4.98 Å². The molecule has 2 fully saturated rings. The number of nitrogen functional groups attached to an aromatic ring is 1. The number of nitrogens with two attached hydrogens (primary N) is 1. The molecule has 0 amide bonds. The summed E-state index contributed by atoms with van der Waals surface area (Å²) in [5, 5.41) is 0.421. The third-order valence-corrected chi connectivity index (χ3v) is 4.02. The van der Waals surface area contributed by atoms with Gasteiger partial charge in [0.25, 0.3) is 0 Å². The standard InChI is InChI=1S/C12H18ClN5/c13-10-7-11(16-12(14)15-10)18-6-2-5-17-4-1-3-9(17)8-18/h7,9H,1-6,8H2,(H2,14,15,16)/t9-/m1/s1. The van der Waals surface area contributed by atoms with Crippen LogP contribution in [0.4, 0.5) is 11.8 Å². The number of aromatic nitrogens is 2.